The molecule has 17 heteroatoms. The highest BCUT2D eigenvalue weighted by molar-refractivity contribution is 5.97. The molecule has 17 nitrogen and oxygen atoms in total. The van der Waals surface area contributed by atoms with Gasteiger partial charge in [-0.05, 0) is 91.3 Å². The van der Waals surface area contributed by atoms with E-state index < -0.39 is 101 Å². The average Bonchev–Trinajstić information content (AvgIpc) is 3.66. The number of nitrogens with one attached hydrogen (secondary N) is 4. The molecule has 0 aliphatic heterocycles. The molecule has 0 bridgehead atoms. The summed E-state index contributed by atoms with van der Waals surface area (Å²) in [4.78, 5) is 118. The van der Waals surface area contributed by atoms with Crippen molar-refractivity contribution in [3.63, 3.8) is 0 Å². The number of hydrogen-bond donors (Lipinski definition) is 7. The van der Waals surface area contributed by atoms with Crippen molar-refractivity contribution in [2.75, 3.05) is 13.2 Å². The Kier molecular flexibility index (Phi) is 19.3. The number of hydrogen-bond acceptors (Lipinski definition) is 12. The van der Waals surface area contributed by atoms with Gasteiger partial charge in [-0.25, -0.2) is 4.79 Å². The fourth-order valence-corrected chi connectivity index (χ4v) is 8.38. The number of alkyl carbamates (subject to hydrolysis) is 1. The summed E-state index contributed by atoms with van der Waals surface area (Å²) in [5.41, 5.74) is 11.0. The van der Waals surface area contributed by atoms with Crippen LogP contribution in [0.5, 0.6) is 11.5 Å². The van der Waals surface area contributed by atoms with Crippen molar-refractivity contribution in [1.82, 2.24) is 21.3 Å². The van der Waals surface area contributed by atoms with Gasteiger partial charge < -0.3 is 42.0 Å². The van der Waals surface area contributed by atoms with Gasteiger partial charge in [0.1, 0.15) is 18.1 Å². The fraction of sp³-hybridized carbons (Fsp3) is 0.389. The van der Waals surface area contributed by atoms with Crippen LogP contribution in [0.2, 0.25) is 0 Å². The highest BCUT2D eigenvalue weighted by Gasteiger charge is 2.32. The first kappa shape index (κ1) is 54.3. The lowest BCUT2D eigenvalue weighted by molar-refractivity contribution is -0.135. The standard InChI is InChI=1S/C54H63N5O12/c1-30(51(67)56-28-41(62)26-37(50(55)66)24-35-14-18-39(60)19-15-35)22-47(63)32(3)58-53(69)38(25-36-16-20-40(61)21-17-36)27-49(65)33(4)57-52(68)31(2)23-48(64)34(5)59-54(70)71-29-46-44-12-8-6-10-42(44)43-11-7-9-13-45(43)46/h6-21,30-34,37-38,46,60-61H,22-29H2,1-5H3,(H2,55,66)(H,56,67)(H,57,68)(H,58,69)(H,59,70)/t30-,31?,32+,33?,34+,37-,38-/m1/s1. The van der Waals surface area contributed by atoms with E-state index in [-0.39, 0.29) is 62.5 Å². The van der Waals surface area contributed by atoms with Gasteiger partial charge in [0.2, 0.25) is 23.6 Å². The zero-order valence-electron chi connectivity index (χ0n) is 40.6. The van der Waals surface area contributed by atoms with Crippen LogP contribution in [-0.4, -0.2) is 94.3 Å². The summed E-state index contributed by atoms with van der Waals surface area (Å²) in [6.07, 6.45) is -1.76. The summed E-state index contributed by atoms with van der Waals surface area (Å²) in [6.45, 7) is 7.02. The number of Topliss-reactive ketones (excluding diaryl/α,β-unsaturated/α-hetero) is 4. The third-order valence-electron chi connectivity index (χ3n) is 12.7. The summed E-state index contributed by atoms with van der Waals surface area (Å²) >= 11 is 0. The molecule has 0 saturated heterocycles. The predicted octanol–water partition coefficient (Wildman–Crippen LogP) is 4.76. The topological polar surface area (TPSA) is 277 Å². The molecule has 0 aromatic heterocycles. The van der Waals surface area contributed by atoms with Gasteiger partial charge in [-0.1, -0.05) is 86.6 Å². The van der Waals surface area contributed by atoms with Crippen molar-refractivity contribution in [1.29, 1.82) is 0 Å². The fourth-order valence-electron chi connectivity index (χ4n) is 8.38. The molecule has 5 rings (SSSR count). The monoisotopic (exact) mass is 973 g/mol. The maximum atomic E-state index is 13.8. The number of carbonyl (C=O) groups excluding carboxylic acids is 9. The van der Waals surface area contributed by atoms with Gasteiger partial charge in [0.25, 0.3) is 0 Å². The minimum Gasteiger partial charge on any atom is -0.508 e. The number of rotatable bonds is 26. The van der Waals surface area contributed by atoms with Gasteiger partial charge in [0.15, 0.2) is 23.1 Å². The number of ether oxygens (including phenoxy) is 1. The van der Waals surface area contributed by atoms with Gasteiger partial charge in [-0.3, -0.25) is 38.4 Å². The van der Waals surface area contributed by atoms with E-state index in [4.69, 9.17) is 10.5 Å². The van der Waals surface area contributed by atoms with Crippen LogP contribution < -0.4 is 27.0 Å². The van der Waals surface area contributed by atoms with Crippen LogP contribution in [0.3, 0.4) is 0 Å². The molecule has 1 aliphatic carbocycles. The third kappa shape index (κ3) is 15.7. The van der Waals surface area contributed by atoms with E-state index in [1.807, 2.05) is 48.5 Å². The normalized spacial score (nSPS) is 14.7. The molecule has 2 unspecified atom stereocenters. The summed E-state index contributed by atoms with van der Waals surface area (Å²) in [5, 5.41) is 29.6. The summed E-state index contributed by atoms with van der Waals surface area (Å²) in [7, 11) is 0. The number of aromatic hydroxyl groups is 2. The van der Waals surface area contributed by atoms with Crippen LogP contribution in [0.1, 0.15) is 88.5 Å². The van der Waals surface area contributed by atoms with Crippen molar-refractivity contribution in [2.45, 2.75) is 97.2 Å². The van der Waals surface area contributed by atoms with Crippen molar-refractivity contribution in [3.8, 4) is 22.6 Å². The molecule has 0 fully saturated rings. The Hall–Kier alpha value is -7.69. The summed E-state index contributed by atoms with van der Waals surface area (Å²) in [5.74, 6) is -8.29. The Morgan fingerprint density at radius 2 is 0.972 bits per heavy atom. The number of ketones is 4. The smallest absolute Gasteiger partial charge is 0.407 e. The molecule has 0 radical (unpaired) electrons. The maximum absolute atomic E-state index is 13.8. The van der Waals surface area contributed by atoms with E-state index in [2.05, 4.69) is 21.3 Å². The minimum absolute atomic E-state index is 0.0145. The van der Waals surface area contributed by atoms with Crippen LogP contribution >= 0.6 is 0 Å². The van der Waals surface area contributed by atoms with Crippen molar-refractivity contribution in [3.05, 3.63) is 119 Å². The number of fused-ring (bicyclic) bond motifs is 3. The molecule has 4 aromatic carbocycles. The number of phenols is 2. The number of carbonyl (C=O) groups is 9. The van der Waals surface area contributed by atoms with Crippen LogP contribution in [-0.2, 0) is 55.9 Å². The predicted molar refractivity (Wildman–Crippen MR) is 263 cm³/mol. The van der Waals surface area contributed by atoms with E-state index in [1.165, 1.54) is 58.9 Å². The Labute approximate surface area is 412 Å². The lowest BCUT2D eigenvalue weighted by atomic mass is 9.90. The quantitative estimate of drug-likeness (QED) is 0.0449. The molecule has 1 aliphatic rings. The molecule has 376 valence electrons. The minimum atomic E-state index is -1.09. The Bertz CT molecular complexity index is 2550. The third-order valence-corrected chi connectivity index (χ3v) is 12.7. The van der Waals surface area contributed by atoms with Crippen molar-refractivity contribution < 1.29 is 58.1 Å². The number of phenolic OH excluding ortho intramolecular Hbond substituents is 2. The molecule has 0 heterocycles. The van der Waals surface area contributed by atoms with Gasteiger partial charge in [-0.2, -0.15) is 0 Å². The second-order valence-corrected chi connectivity index (χ2v) is 18.5. The molecule has 4 aromatic rings. The molecular formula is C54H63N5O12. The lowest BCUT2D eigenvalue weighted by Gasteiger charge is -2.23. The maximum Gasteiger partial charge on any atom is 0.407 e. The van der Waals surface area contributed by atoms with Crippen LogP contribution in [0.25, 0.3) is 11.1 Å². The number of primary amides is 1. The Morgan fingerprint density at radius 3 is 1.48 bits per heavy atom. The van der Waals surface area contributed by atoms with Gasteiger partial charge in [-0.15, -0.1) is 0 Å². The molecule has 7 atom stereocenters. The van der Waals surface area contributed by atoms with E-state index in [0.717, 1.165) is 22.3 Å². The first-order valence-electron chi connectivity index (χ1n) is 23.7. The first-order chi connectivity index (χ1) is 33.7. The Morgan fingerprint density at radius 1 is 0.535 bits per heavy atom. The number of benzene rings is 4. The van der Waals surface area contributed by atoms with E-state index in [0.29, 0.717) is 11.1 Å². The SMILES string of the molecule is CC(CC(=O)[C@H](C)NC(=O)OCC1c2ccccc2-c2ccccc21)C(=O)NC(C)C(=O)C[C@@H](Cc1ccc(O)cc1)C(=O)N[C@@H](C)C(=O)C[C@@H](C)C(=O)NCC(=O)C[C@@H](Cc1ccc(O)cc1)C(N)=O. The number of amides is 5. The van der Waals surface area contributed by atoms with Crippen LogP contribution in [0.4, 0.5) is 4.79 Å². The zero-order valence-corrected chi connectivity index (χ0v) is 40.6. The molecule has 0 saturated carbocycles. The molecule has 0 spiro atoms. The number of nitrogens with two attached hydrogens (primary N) is 1. The highest BCUT2D eigenvalue weighted by atomic mass is 16.5. The van der Waals surface area contributed by atoms with Gasteiger partial charge in [0.05, 0.1) is 24.7 Å². The summed E-state index contributed by atoms with van der Waals surface area (Å²) < 4.78 is 5.57. The van der Waals surface area contributed by atoms with Gasteiger partial charge in [0, 0.05) is 55.3 Å². The highest BCUT2D eigenvalue weighted by Crippen LogP contribution is 2.44. The average molecular weight is 974 g/mol. The van der Waals surface area contributed by atoms with E-state index in [9.17, 15) is 53.4 Å². The second-order valence-electron chi connectivity index (χ2n) is 18.5. The largest absolute Gasteiger partial charge is 0.508 e. The van der Waals surface area contributed by atoms with Crippen molar-refractivity contribution in [2.24, 2.45) is 29.4 Å². The molecule has 5 amide bonds. The van der Waals surface area contributed by atoms with E-state index >= 15 is 0 Å². The zero-order chi connectivity index (χ0) is 51.9. The Balaban J connectivity index is 1.08. The van der Waals surface area contributed by atoms with E-state index in [1.54, 1.807) is 24.3 Å². The molecule has 71 heavy (non-hydrogen) atoms. The molecule has 8 N–H and O–H groups in total. The van der Waals surface area contributed by atoms with Gasteiger partial charge >= 0.3 is 6.09 Å². The first-order valence-corrected chi connectivity index (χ1v) is 23.7. The lowest BCUT2D eigenvalue weighted by Crippen LogP contribution is -2.46. The van der Waals surface area contributed by atoms with Crippen LogP contribution in [0.15, 0.2) is 97.1 Å². The second kappa shape index (κ2) is 25.3. The summed E-state index contributed by atoms with van der Waals surface area (Å²) in [6, 6.07) is 24.7. The molecular weight excluding hydrogens is 911 g/mol. The van der Waals surface area contributed by atoms with Crippen molar-refractivity contribution >= 4 is 52.9 Å². The van der Waals surface area contributed by atoms with Crippen LogP contribution in [0, 0.1) is 23.7 Å².